The molecule has 0 radical (unpaired) electrons. The lowest BCUT2D eigenvalue weighted by Gasteiger charge is -2.28. The number of carbonyl (C=O) groups excluding carboxylic acids is 1. The van der Waals surface area contributed by atoms with Crippen molar-refractivity contribution in [3.63, 3.8) is 0 Å². The number of nitrogens with zero attached hydrogens (tertiary/aromatic N) is 3. The summed E-state index contributed by atoms with van der Waals surface area (Å²) in [5, 5.41) is 8.08. The summed E-state index contributed by atoms with van der Waals surface area (Å²) in [4.78, 5) is 11.2. The van der Waals surface area contributed by atoms with E-state index in [-0.39, 0.29) is 0 Å². The van der Waals surface area contributed by atoms with Crippen molar-refractivity contribution in [1.82, 2.24) is 15.0 Å². The van der Waals surface area contributed by atoms with Crippen molar-refractivity contribution in [2.24, 2.45) is 5.92 Å². The largest absolute Gasteiger partial charge is 0.296 e. The highest BCUT2D eigenvalue weighted by molar-refractivity contribution is 5.73. The lowest BCUT2D eigenvalue weighted by atomic mass is 9.78. The van der Waals surface area contributed by atoms with Gasteiger partial charge in [-0.25, -0.2) is 4.68 Å². The summed E-state index contributed by atoms with van der Waals surface area (Å²) < 4.78 is 1.84. The zero-order chi connectivity index (χ0) is 14.4. The van der Waals surface area contributed by atoms with E-state index in [4.69, 9.17) is 0 Å². The molecule has 0 aromatic carbocycles. The Morgan fingerprint density at radius 1 is 1.35 bits per heavy atom. The number of carbonyl (C=O) groups is 1. The molecule has 1 fully saturated rings. The maximum atomic E-state index is 11.2. The van der Waals surface area contributed by atoms with Gasteiger partial charge in [-0.2, -0.15) is 0 Å². The zero-order valence-electron chi connectivity index (χ0n) is 12.4. The summed E-state index contributed by atoms with van der Waals surface area (Å²) in [6.07, 6.45) is 11.5. The Morgan fingerprint density at radius 3 is 2.70 bits per heavy atom. The fourth-order valence-corrected chi connectivity index (χ4v) is 3.31. The van der Waals surface area contributed by atoms with Crippen LogP contribution in [-0.2, 0) is 6.54 Å². The number of aromatic nitrogens is 3. The van der Waals surface area contributed by atoms with Gasteiger partial charge in [0.25, 0.3) is 0 Å². The van der Waals surface area contributed by atoms with Crippen LogP contribution in [0.25, 0.3) is 0 Å². The van der Waals surface area contributed by atoms with Crippen molar-refractivity contribution in [1.29, 1.82) is 0 Å². The highest BCUT2D eigenvalue weighted by Crippen LogP contribution is 2.38. The molecular weight excluding hydrogens is 250 g/mol. The van der Waals surface area contributed by atoms with Gasteiger partial charge in [0, 0.05) is 5.92 Å². The highest BCUT2D eigenvalue weighted by Gasteiger charge is 2.27. The van der Waals surface area contributed by atoms with E-state index < -0.39 is 0 Å². The molecule has 110 valence electrons. The molecule has 1 aliphatic rings. The highest BCUT2D eigenvalue weighted by atomic mass is 16.1. The van der Waals surface area contributed by atoms with Crippen molar-refractivity contribution in [3.8, 4) is 0 Å². The molecule has 20 heavy (non-hydrogen) atoms. The lowest BCUT2D eigenvalue weighted by Crippen LogP contribution is -2.17. The number of allylic oxidation sites excluding steroid dienone is 1. The maximum Gasteiger partial charge on any atom is 0.172 e. The smallest absolute Gasteiger partial charge is 0.172 e. The van der Waals surface area contributed by atoms with Crippen molar-refractivity contribution in [2.75, 3.05) is 0 Å². The van der Waals surface area contributed by atoms with Gasteiger partial charge >= 0.3 is 0 Å². The molecule has 4 nitrogen and oxygen atoms in total. The Balaban J connectivity index is 2.04. The standard InChI is InChI=1S/C16H25N3O/c1-3-5-6-13-7-9-14(10-8-13)16-15(12-20)17-18-19(16)11-4-2/h4,12-14H,2-3,5-11H2,1H3. The van der Waals surface area contributed by atoms with Crippen LogP contribution in [0.3, 0.4) is 0 Å². The van der Waals surface area contributed by atoms with Crippen LogP contribution in [0.4, 0.5) is 0 Å². The normalized spacial score (nSPS) is 22.6. The average molecular weight is 275 g/mol. The van der Waals surface area contributed by atoms with Gasteiger partial charge in [0.15, 0.2) is 6.29 Å². The van der Waals surface area contributed by atoms with Gasteiger partial charge in [-0.15, -0.1) is 11.7 Å². The summed E-state index contributed by atoms with van der Waals surface area (Å²) in [6, 6.07) is 0. The first kappa shape index (κ1) is 14.9. The molecule has 0 spiro atoms. The first-order valence-corrected chi connectivity index (χ1v) is 7.79. The van der Waals surface area contributed by atoms with Gasteiger partial charge in [-0.05, 0) is 31.6 Å². The van der Waals surface area contributed by atoms with Crippen LogP contribution < -0.4 is 0 Å². The third kappa shape index (κ3) is 3.35. The third-order valence-electron chi connectivity index (χ3n) is 4.41. The monoisotopic (exact) mass is 275 g/mol. The molecule has 0 atom stereocenters. The fraction of sp³-hybridized carbons (Fsp3) is 0.688. The van der Waals surface area contributed by atoms with E-state index in [0.717, 1.165) is 30.7 Å². The predicted molar refractivity (Wildman–Crippen MR) is 79.8 cm³/mol. The Kier molecular flexibility index (Phi) is 5.50. The quantitative estimate of drug-likeness (QED) is 0.562. The van der Waals surface area contributed by atoms with E-state index in [2.05, 4.69) is 23.8 Å². The van der Waals surface area contributed by atoms with Gasteiger partial charge in [0.2, 0.25) is 0 Å². The minimum Gasteiger partial charge on any atom is -0.296 e. The van der Waals surface area contributed by atoms with Crippen LogP contribution in [-0.4, -0.2) is 21.3 Å². The van der Waals surface area contributed by atoms with E-state index in [1.807, 2.05) is 4.68 Å². The van der Waals surface area contributed by atoms with Crippen LogP contribution in [0.1, 0.15) is 74.0 Å². The first-order chi connectivity index (χ1) is 9.80. The minimum absolute atomic E-state index is 0.433. The SMILES string of the molecule is C=CCn1nnc(C=O)c1C1CCC(CCCC)CC1. The molecule has 0 aliphatic heterocycles. The number of rotatable bonds is 7. The number of hydrogen-bond donors (Lipinski definition) is 0. The molecule has 0 saturated heterocycles. The third-order valence-corrected chi connectivity index (χ3v) is 4.41. The number of unbranched alkanes of at least 4 members (excludes halogenated alkanes) is 1. The van der Waals surface area contributed by atoms with E-state index in [1.54, 1.807) is 6.08 Å². The molecule has 1 saturated carbocycles. The predicted octanol–water partition coefficient (Wildman–Crippen LogP) is 3.74. The molecule has 1 aromatic rings. The number of hydrogen-bond acceptors (Lipinski definition) is 3. The second-order valence-corrected chi connectivity index (χ2v) is 5.81. The van der Waals surface area contributed by atoms with Crippen LogP contribution in [0.2, 0.25) is 0 Å². The van der Waals surface area contributed by atoms with Gasteiger partial charge in [-0.1, -0.05) is 37.5 Å². The summed E-state index contributed by atoms with van der Waals surface area (Å²) >= 11 is 0. The molecule has 2 rings (SSSR count). The van der Waals surface area contributed by atoms with E-state index in [0.29, 0.717) is 18.2 Å². The Morgan fingerprint density at radius 2 is 2.10 bits per heavy atom. The van der Waals surface area contributed by atoms with Crippen LogP contribution >= 0.6 is 0 Å². The Bertz CT molecular complexity index is 445. The summed E-state index contributed by atoms with van der Waals surface area (Å²) in [7, 11) is 0. The molecular formula is C16H25N3O. The van der Waals surface area contributed by atoms with E-state index in [1.165, 1.54) is 32.1 Å². The van der Waals surface area contributed by atoms with Crippen molar-refractivity contribution in [3.05, 3.63) is 24.0 Å². The first-order valence-electron chi connectivity index (χ1n) is 7.79. The number of aldehydes is 1. The molecule has 0 bridgehead atoms. The van der Waals surface area contributed by atoms with E-state index in [9.17, 15) is 4.79 Å². The van der Waals surface area contributed by atoms with Crippen molar-refractivity contribution < 1.29 is 4.79 Å². The molecule has 0 amide bonds. The van der Waals surface area contributed by atoms with Gasteiger partial charge in [0.05, 0.1) is 12.2 Å². The molecule has 0 N–H and O–H groups in total. The summed E-state index contributed by atoms with van der Waals surface area (Å²) in [6.45, 7) is 6.63. The minimum atomic E-state index is 0.433. The summed E-state index contributed by atoms with van der Waals surface area (Å²) in [5.41, 5.74) is 1.54. The van der Waals surface area contributed by atoms with Crippen molar-refractivity contribution in [2.45, 2.75) is 64.3 Å². The fourth-order valence-electron chi connectivity index (χ4n) is 3.31. The van der Waals surface area contributed by atoms with Gasteiger partial charge in [-0.3, -0.25) is 4.79 Å². The Hall–Kier alpha value is -1.45. The van der Waals surface area contributed by atoms with E-state index >= 15 is 0 Å². The lowest BCUT2D eigenvalue weighted by molar-refractivity contribution is 0.111. The van der Waals surface area contributed by atoms with Crippen molar-refractivity contribution >= 4 is 6.29 Å². The topological polar surface area (TPSA) is 47.8 Å². The molecule has 4 heteroatoms. The van der Waals surface area contributed by atoms with Gasteiger partial charge in [0.1, 0.15) is 5.69 Å². The second kappa shape index (κ2) is 7.36. The van der Waals surface area contributed by atoms with Crippen LogP contribution in [0, 0.1) is 5.92 Å². The maximum absolute atomic E-state index is 11.2. The second-order valence-electron chi connectivity index (χ2n) is 5.81. The van der Waals surface area contributed by atoms with Crippen LogP contribution in [0.5, 0.6) is 0 Å². The summed E-state index contributed by atoms with van der Waals surface area (Å²) in [5.74, 6) is 1.30. The molecule has 1 aromatic heterocycles. The Labute approximate surface area is 121 Å². The molecule has 1 aliphatic carbocycles. The molecule has 1 heterocycles. The molecule has 0 unspecified atom stereocenters. The van der Waals surface area contributed by atoms with Crippen LogP contribution in [0.15, 0.2) is 12.7 Å². The zero-order valence-corrected chi connectivity index (χ0v) is 12.4. The average Bonchev–Trinajstić information content (AvgIpc) is 2.89. The van der Waals surface area contributed by atoms with Gasteiger partial charge < -0.3 is 0 Å².